The van der Waals surface area contributed by atoms with Gasteiger partial charge in [-0.25, -0.2) is 9.79 Å². The number of thioether (sulfide) groups is 1. The van der Waals surface area contributed by atoms with Crippen molar-refractivity contribution in [3.8, 4) is 5.75 Å². The highest BCUT2D eigenvalue weighted by Crippen LogP contribution is 2.40. The smallest absolute Gasteiger partial charge is 0.338 e. The Hall–Kier alpha value is -2.54. The molecular formula is C23H28N2O4S. The Bertz CT molecular complexity index is 874. The largest absolute Gasteiger partial charge is 0.494 e. The number of ether oxygens (including phenoxy) is 2. The van der Waals surface area contributed by atoms with Crippen molar-refractivity contribution in [3.05, 3.63) is 53.8 Å². The molecule has 6 nitrogen and oxygen atoms in total. The second kappa shape index (κ2) is 9.98. The molecule has 7 heteroatoms. The van der Waals surface area contributed by atoms with Gasteiger partial charge in [-0.05, 0) is 37.0 Å². The van der Waals surface area contributed by atoms with Crippen molar-refractivity contribution in [2.45, 2.75) is 39.7 Å². The maximum Gasteiger partial charge on any atom is 0.338 e. The van der Waals surface area contributed by atoms with Crippen LogP contribution in [0.25, 0.3) is 0 Å². The molecule has 2 heterocycles. The number of esters is 1. The van der Waals surface area contributed by atoms with Gasteiger partial charge < -0.3 is 9.47 Å². The molecule has 1 aromatic carbocycles. The van der Waals surface area contributed by atoms with Crippen LogP contribution in [-0.2, 0) is 14.3 Å². The molecular weight excluding hydrogens is 400 g/mol. The number of carbonyl (C=O) groups is 2. The quantitative estimate of drug-likeness (QED) is 0.451. The predicted molar refractivity (Wildman–Crippen MR) is 119 cm³/mol. The number of amides is 1. The fourth-order valence-corrected chi connectivity index (χ4v) is 4.35. The van der Waals surface area contributed by atoms with Crippen LogP contribution in [-0.4, -0.2) is 40.9 Å². The molecule has 0 radical (unpaired) electrons. The number of benzene rings is 1. The second-order valence-corrected chi connectivity index (χ2v) is 8.71. The summed E-state index contributed by atoms with van der Waals surface area (Å²) in [5, 5.41) is 0.631. The van der Waals surface area contributed by atoms with Crippen LogP contribution in [0.2, 0.25) is 0 Å². The Kier molecular flexibility index (Phi) is 7.37. The Morgan fingerprint density at radius 2 is 2.10 bits per heavy atom. The average Bonchev–Trinajstić information content (AvgIpc) is 2.71. The van der Waals surface area contributed by atoms with E-state index in [0.717, 1.165) is 17.7 Å². The fourth-order valence-electron chi connectivity index (χ4n) is 3.34. The summed E-state index contributed by atoms with van der Waals surface area (Å²) in [6, 6.07) is 6.99. The minimum atomic E-state index is -0.570. The van der Waals surface area contributed by atoms with Gasteiger partial charge in [-0.3, -0.25) is 9.69 Å². The highest BCUT2D eigenvalue weighted by molar-refractivity contribution is 8.14. The first-order valence-corrected chi connectivity index (χ1v) is 11.2. The first-order valence-electron chi connectivity index (χ1n) is 10.2. The summed E-state index contributed by atoms with van der Waals surface area (Å²) in [6.45, 7) is 10.4. The van der Waals surface area contributed by atoms with Gasteiger partial charge in [0.15, 0.2) is 5.17 Å². The molecule has 1 unspecified atom stereocenters. The van der Waals surface area contributed by atoms with Gasteiger partial charge in [-0.2, -0.15) is 0 Å². The monoisotopic (exact) mass is 428 g/mol. The van der Waals surface area contributed by atoms with Crippen LogP contribution in [0.3, 0.4) is 0 Å². The number of allylic oxidation sites excluding steroid dienone is 1. The molecule has 0 aliphatic carbocycles. The number of amidine groups is 1. The Balaban J connectivity index is 1.93. The van der Waals surface area contributed by atoms with E-state index in [-0.39, 0.29) is 12.5 Å². The third-order valence-corrected chi connectivity index (χ3v) is 5.87. The zero-order chi connectivity index (χ0) is 21.7. The van der Waals surface area contributed by atoms with E-state index in [1.165, 1.54) is 17.8 Å². The molecule has 0 bridgehead atoms. The van der Waals surface area contributed by atoms with Crippen molar-refractivity contribution < 1.29 is 19.1 Å². The molecule has 160 valence electrons. The molecule has 3 rings (SSSR count). The van der Waals surface area contributed by atoms with E-state index < -0.39 is 12.0 Å². The van der Waals surface area contributed by atoms with Gasteiger partial charge in [0.05, 0.1) is 23.9 Å². The normalized spacial score (nSPS) is 18.8. The summed E-state index contributed by atoms with van der Waals surface area (Å²) >= 11 is 1.53. The van der Waals surface area contributed by atoms with E-state index in [0.29, 0.717) is 41.1 Å². The molecule has 30 heavy (non-hydrogen) atoms. The van der Waals surface area contributed by atoms with Crippen LogP contribution in [0, 0.1) is 5.92 Å². The first-order chi connectivity index (χ1) is 14.4. The summed E-state index contributed by atoms with van der Waals surface area (Å²) in [5.74, 6) is 1.49. The van der Waals surface area contributed by atoms with Crippen LogP contribution >= 0.6 is 11.8 Å². The fraction of sp³-hybridized carbons (Fsp3) is 0.435. The molecule has 1 aromatic rings. The Labute approximate surface area is 182 Å². The van der Waals surface area contributed by atoms with E-state index in [1.807, 2.05) is 24.3 Å². The van der Waals surface area contributed by atoms with Gasteiger partial charge in [0.2, 0.25) is 5.91 Å². The Morgan fingerprint density at radius 3 is 2.77 bits per heavy atom. The number of aliphatic imine (C=N–C) groups is 1. The maximum absolute atomic E-state index is 12.8. The van der Waals surface area contributed by atoms with Crippen molar-refractivity contribution in [2.24, 2.45) is 10.9 Å². The highest BCUT2D eigenvalue weighted by Gasteiger charge is 2.41. The molecule has 1 fully saturated rings. The zero-order valence-corrected chi connectivity index (χ0v) is 18.5. The van der Waals surface area contributed by atoms with Crippen molar-refractivity contribution in [2.75, 3.05) is 19.0 Å². The van der Waals surface area contributed by atoms with Crippen molar-refractivity contribution in [3.63, 3.8) is 0 Å². The molecule has 0 spiro atoms. The highest BCUT2D eigenvalue weighted by atomic mass is 32.2. The van der Waals surface area contributed by atoms with Crippen molar-refractivity contribution in [1.29, 1.82) is 0 Å². The number of fused-ring (bicyclic) bond motifs is 1. The van der Waals surface area contributed by atoms with Crippen LogP contribution in [0.1, 0.15) is 45.2 Å². The van der Waals surface area contributed by atoms with Crippen LogP contribution in [0.4, 0.5) is 0 Å². The number of nitrogens with zero attached hydrogens (tertiary/aromatic N) is 2. The summed E-state index contributed by atoms with van der Waals surface area (Å²) in [6.07, 6.45) is 2.90. The lowest BCUT2D eigenvalue weighted by atomic mass is 9.94. The van der Waals surface area contributed by atoms with Crippen molar-refractivity contribution in [1.82, 2.24) is 4.90 Å². The topological polar surface area (TPSA) is 68.2 Å². The van der Waals surface area contributed by atoms with Gasteiger partial charge in [-0.15, -0.1) is 0 Å². The lowest BCUT2D eigenvalue weighted by Crippen LogP contribution is -2.45. The van der Waals surface area contributed by atoms with Gasteiger partial charge >= 0.3 is 5.97 Å². The SMILES string of the molecule is C=CCOC(=O)C1=C(C)N=C2SCCC(=O)N2C1c1ccc(OCCC(C)C)cc1. The predicted octanol–water partition coefficient (Wildman–Crippen LogP) is 4.49. The van der Waals surface area contributed by atoms with E-state index in [9.17, 15) is 9.59 Å². The minimum absolute atomic E-state index is 0.0451. The average molecular weight is 429 g/mol. The van der Waals surface area contributed by atoms with Crippen LogP contribution in [0.15, 0.2) is 53.2 Å². The van der Waals surface area contributed by atoms with Crippen LogP contribution < -0.4 is 4.74 Å². The summed E-state index contributed by atoms with van der Waals surface area (Å²) in [5.41, 5.74) is 1.77. The van der Waals surface area contributed by atoms with Gasteiger partial charge in [0, 0.05) is 12.2 Å². The van der Waals surface area contributed by atoms with E-state index in [1.54, 1.807) is 11.8 Å². The Morgan fingerprint density at radius 1 is 1.37 bits per heavy atom. The second-order valence-electron chi connectivity index (χ2n) is 7.65. The first kappa shape index (κ1) is 22.2. The van der Waals surface area contributed by atoms with E-state index >= 15 is 0 Å². The van der Waals surface area contributed by atoms with Gasteiger partial charge in [0.1, 0.15) is 12.4 Å². The van der Waals surface area contributed by atoms with Gasteiger partial charge in [0.25, 0.3) is 0 Å². The standard InChI is InChI=1S/C23H28N2O4S/c1-5-12-29-22(27)20-16(4)24-23-25(19(26)11-14-30-23)21(20)17-6-8-18(9-7-17)28-13-10-15(2)3/h5-9,15,21H,1,10-14H2,2-4H3. The molecule has 1 atom stereocenters. The molecule has 1 amide bonds. The van der Waals surface area contributed by atoms with Crippen molar-refractivity contribution >= 4 is 28.8 Å². The third kappa shape index (κ3) is 4.95. The van der Waals surface area contributed by atoms with Crippen LogP contribution in [0.5, 0.6) is 5.75 Å². The molecule has 1 saturated heterocycles. The summed E-state index contributed by atoms with van der Waals surface area (Å²) in [7, 11) is 0. The van der Waals surface area contributed by atoms with Gasteiger partial charge in [-0.1, -0.05) is 50.4 Å². The number of rotatable bonds is 8. The summed E-state index contributed by atoms with van der Waals surface area (Å²) in [4.78, 5) is 31.8. The van der Waals surface area contributed by atoms with E-state index in [4.69, 9.17) is 9.47 Å². The molecule has 0 N–H and O–H groups in total. The summed E-state index contributed by atoms with van der Waals surface area (Å²) < 4.78 is 11.1. The molecule has 2 aliphatic rings. The molecule has 2 aliphatic heterocycles. The third-order valence-electron chi connectivity index (χ3n) is 4.92. The lowest BCUT2D eigenvalue weighted by molar-refractivity contribution is -0.139. The molecule has 0 aromatic heterocycles. The number of carbonyl (C=O) groups excluding carboxylic acids is 2. The molecule has 0 saturated carbocycles. The minimum Gasteiger partial charge on any atom is -0.494 e. The zero-order valence-electron chi connectivity index (χ0n) is 17.7. The van der Waals surface area contributed by atoms with E-state index in [2.05, 4.69) is 25.4 Å². The number of hydrogen-bond donors (Lipinski definition) is 0. The lowest BCUT2D eigenvalue weighted by Gasteiger charge is -2.38. The maximum atomic E-state index is 12.8. The number of hydrogen-bond acceptors (Lipinski definition) is 6.